The lowest BCUT2D eigenvalue weighted by Crippen LogP contribution is -2.31. The second kappa shape index (κ2) is 7.02. The minimum atomic E-state index is -3.96. The van der Waals surface area contributed by atoms with E-state index in [-0.39, 0.29) is 21.6 Å². The minimum absolute atomic E-state index is 0.0186. The number of thiophene rings is 1. The van der Waals surface area contributed by atoms with Crippen molar-refractivity contribution in [3.05, 3.63) is 26.5 Å². The summed E-state index contributed by atoms with van der Waals surface area (Å²) >= 11 is 4.30. The molecule has 2 rings (SSSR count). The van der Waals surface area contributed by atoms with Gasteiger partial charge in [-0.2, -0.15) is 0 Å². The van der Waals surface area contributed by atoms with E-state index >= 15 is 0 Å². The van der Waals surface area contributed by atoms with Gasteiger partial charge >= 0.3 is 0 Å². The van der Waals surface area contributed by atoms with Crippen LogP contribution in [0.4, 0.5) is 5.88 Å². The second-order valence-corrected chi connectivity index (χ2v) is 7.97. The molecule has 0 radical (unpaired) electrons. The lowest BCUT2D eigenvalue weighted by atomic mass is 10.4. The Bertz CT molecular complexity index is 809. The van der Waals surface area contributed by atoms with Gasteiger partial charge in [0.15, 0.2) is 0 Å². The molecule has 1 N–H and O–H groups in total. The van der Waals surface area contributed by atoms with Gasteiger partial charge in [-0.3, -0.25) is 4.79 Å². The van der Waals surface area contributed by atoms with E-state index in [1.165, 1.54) is 6.07 Å². The van der Waals surface area contributed by atoms with Crippen LogP contribution in [-0.4, -0.2) is 37.5 Å². The third-order valence-electron chi connectivity index (χ3n) is 3.18. The summed E-state index contributed by atoms with van der Waals surface area (Å²) in [6, 6.07) is 1.40. The van der Waals surface area contributed by atoms with Crippen molar-refractivity contribution < 1.29 is 17.7 Å². The summed E-state index contributed by atoms with van der Waals surface area (Å²) in [4.78, 5) is 14.1. The summed E-state index contributed by atoms with van der Waals surface area (Å²) in [7, 11) is -3.96. The molecule has 0 saturated heterocycles. The quantitative estimate of drug-likeness (QED) is 0.773. The third-order valence-corrected chi connectivity index (χ3v) is 6.52. The molecule has 0 aliphatic rings. The van der Waals surface area contributed by atoms with E-state index < -0.39 is 10.0 Å². The maximum atomic E-state index is 12.6. The summed E-state index contributed by atoms with van der Waals surface area (Å²) in [5.41, 5.74) is 0.521. The SMILES string of the molecule is CCN(CC)C(=O)c1sccc1S(=O)(=O)Nc1onc(C)c1Br. The Hall–Kier alpha value is -1.39. The Balaban J connectivity index is 2.37. The minimum Gasteiger partial charge on any atom is -0.338 e. The van der Waals surface area contributed by atoms with E-state index in [4.69, 9.17) is 4.52 Å². The molecule has 23 heavy (non-hydrogen) atoms. The van der Waals surface area contributed by atoms with Gasteiger partial charge in [0.2, 0.25) is 0 Å². The van der Waals surface area contributed by atoms with E-state index in [0.29, 0.717) is 23.3 Å². The van der Waals surface area contributed by atoms with Gasteiger partial charge in [0.05, 0.1) is 5.69 Å². The number of sulfonamides is 1. The van der Waals surface area contributed by atoms with Crippen molar-refractivity contribution in [3.8, 4) is 0 Å². The summed E-state index contributed by atoms with van der Waals surface area (Å²) < 4.78 is 32.8. The molecule has 126 valence electrons. The number of halogens is 1. The Morgan fingerprint density at radius 1 is 1.43 bits per heavy atom. The smallest absolute Gasteiger partial charge is 0.265 e. The number of aromatic nitrogens is 1. The molecule has 7 nitrogen and oxygen atoms in total. The Morgan fingerprint density at radius 2 is 2.09 bits per heavy atom. The Kier molecular flexibility index (Phi) is 5.48. The van der Waals surface area contributed by atoms with Gasteiger partial charge in [0.1, 0.15) is 14.2 Å². The first-order valence-corrected chi connectivity index (χ1v) is 9.98. The Labute approximate surface area is 146 Å². The van der Waals surface area contributed by atoms with Crippen LogP contribution in [0.5, 0.6) is 0 Å². The molecule has 1 amide bonds. The first-order valence-electron chi connectivity index (χ1n) is 6.83. The summed E-state index contributed by atoms with van der Waals surface area (Å²) in [5, 5.41) is 5.25. The number of amides is 1. The van der Waals surface area contributed by atoms with Crippen LogP contribution in [0.3, 0.4) is 0 Å². The van der Waals surface area contributed by atoms with E-state index in [0.717, 1.165) is 11.3 Å². The third kappa shape index (κ3) is 3.59. The number of aryl methyl sites for hydroxylation is 1. The van der Waals surface area contributed by atoms with Crippen molar-refractivity contribution in [2.75, 3.05) is 17.8 Å². The maximum Gasteiger partial charge on any atom is 0.265 e. The van der Waals surface area contributed by atoms with Crippen LogP contribution >= 0.6 is 27.3 Å². The van der Waals surface area contributed by atoms with Crippen LogP contribution < -0.4 is 4.72 Å². The highest BCUT2D eigenvalue weighted by molar-refractivity contribution is 9.10. The van der Waals surface area contributed by atoms with Crippen molar-refractivity contribution in [1.82, 2.24) is 10.1 Å². The van der Waals surface area contributed by atoms with Gasteiger partial charge in [0, 0.05) is 13.1 Å². The summed E-state index contributed by atoms with van der Waals surface area (Å²) in [6.07, 6.45) is 0. The first kappa shape index (κ1) is 18.0. The molecule has 0 aliphatic carbocycles. The van der Waals surface area contributed by atoms with Gasteiger partial charge in [-0.15, -0.1) is 11.3 Å². The fraction of sp³-hybridized carbons (Fsp3) is 0.385. The zero-order valence-corrected chi connectivity index (χ0v) is 16.0. The molecule has 0 bridgehead atoms. The van der Waals surface area contributed by atoms with Crippen molar-refractivity contribution >= 4 is 49.1 Å². The highest BCUT2D eigenvalue weighted by Gasteiger charge is 2.28. The molecule has 2 heterocycles. The van der Waals surface area contributed by atoms with Crippen LogP contribution in [0.25, 0.3) is 0 Å². The van der Waals surface area contributed by atoms with Crippen LogP contribution in [0, 0.1) is 6.92 Å². The van der Waals surface area contributed by atoms with Gasteiger partial charge in [-0.05, 0) is 48.1 Å². The topological polar surface area (TPSA) is 92.5 Å². The molecule has 2 aromatic rings. The fourth-order valence-electron chi connectivity index (χ4n) is 1.92. The zero-order valence-electron chi connectivity index (χ0n) is 12.8. The predicted molar refractivity (Wildman–Crippen MR) is 91.3 cm³/mol. The molecule has 0 saturated carbocycles. The second-order valence-electron chi connectivity index (χ2n) is 4.61. The average Bonchev–Trinajstić information content (AvgIpc) is 3.11. The molecule has 10 heteroatoms. The van der Waals surface area contributed by atoms with Crippen LogP contribution in [0.1, 0.15) is 29.2 Å². The zero-order chi connectivity index (χ0) is 17.2. The number of rotatable bonds is 6. The van der Waals surface area contributed by atoms with Gasteiger partial charge < -0.3 is 9.42 Å². The number of nitrogens with one attached hydrogen (secondary N) is 1. The monoisotopic (exact) mass is 421 g/mol. The molecular formula is C13H16BrN3O4S2. The van der Waals surface area contributed by atoms with E-state index in [2.05, 4.69) is 25.8 Å². The van der Waals surface area contributed by atoms with Crippen molar-refractivity contribution in [2.24, 2.45) is 0 Å². The number of nitrogens with zero attached hydrogens (tertiary/aromatic N) is 2. The van der Waals surface area contributed by atoms with E-state index in [1.54, 1.807) is 17.2 Å². The molecule has 0 fully saturated rings. The normalized spacial score (nSPS) is 11.5. The lowest BCUT2D eigenvalue weighted by Gasteiger charge is -2.18. The standard InChI is InChI=1S/C13H16BrN3O4S2/c1-4-17(5-2)13(18)11-9(6-7-22-11)23(19,20)16-12-10(14)8(3)15-21-12/h6-7,16H,4-5H2,1-3H3. The molecule has 2 aromatic heterocycles. The molecule has 0 unspecified atom stereocenters. The van der Waals surface area contributed by atoms with Gasteiger partial charge in [-0.25, -0.2) is 13.1 Å². The van der Waals surface area contributed by atoms with Gasteiger partial charge in [-0.1, -0.05) is 5.16 Å². The van der Waals surface area contributed by atoms with Gasteiger partial charge in [0.25, 0.3) is 21.8 Å². The summed E-state index contributed by atoms with van der Waals surface area (Å²) in [6.45, 7) is 6.37. The maximum absolute atomic E-state index is 12.6. The van der Waals surface area contributed by atoms with Crippen molar-refractivity contribution in [1.29, 1.82) is 0 Å². The first-order chi connectivity index (χ1) is 10.8. The van der Waals surface area contributed by atoms with Crippen molar-refractivity contribution in [3.63, 3.8) is 0 Å². The predicted octanol–water partition coefficient (Wildman–Crippen LogP) is 3.09. The molecule has 0 atom stereocenters. The Morgan fingerprint density at radius 3 is 2.61 bits per heavy atom. The number of carbonyl (C=O) groups excluding carboxylic acids is 1. The fourth-order valence-corrected chi connectivity index (χ4v) is 4.68. The molecule has 0 aliphatic heterocycles. The van der Waals surface area contributed by atoms with Crippen LogP contribution in [0.2, 0.25) is 0 Å². The number of carbonyl (C=O) groups is 1. The summed E-state index contributed by atoms with van der Waals surface area (Å²) in [5.74, 6) is -0.326. The largest absolute Gasteiger partial charge is 0.338 e. The highest BCUT2D eigenvalue weighted by atomic mass is 79.9. The molecule has 0 aromatic carbocycles. The molecule has 0 spiro atoms. The average molecular weight is 422 g/mol. The molecular weight excluding hydrogens is 406 g/mol. The lowest BCUT2D eigenvalue weighted by molar-refractivity contribution is 0.0774. The van der Waals surface area contributed by atoms with E-state index in [9.17, 15) is 13.2 Å². The number of anilines is 1. The number of hydrogen-bond acceptors (Lipinski definition) is 6. The van der Waals surface area contributed by atoms with E-state index in [1.807, 2.05) is 13.8 Å². The van der Waals surface area contributed by atoms with Crippen molar-refractivity contribution in [2.45, 2.75) is 25.7 Å². The van der Waals surface area contributed by atoms with Crippen LogP contribution in [-0.2, 0) is 10.0 Å². The number of hydrogen-bond donors (Lipinski definition) is 1. The highest BCUT2D eigenvalue weighted by Crippen LogP contribution is 2.30. The van der Waals surface area contributed by atoms with Crippen LogP contribution in [0.15, 0.2) is 25.3 Å².